The molecule has 32 heavy (non-hydrogen) atoms. The van der Waals surface area contributed by atoms with Gasteiger partial charge in [-0.1, -0.05) is 54.6 Å². The summed E-state index contributed by atoms with van der Waals surface area (Å²) in [5.41, 5.74) is 2.22. The zero-order valence-corrected chi connectivity index (χ0v) is 18.7. The SMILES string of the molecule is N=C(/C=C\Nc1ccccc1)N(C(=O)c1cccs1)C1CCNC(Cc2ccccc2)C1. The van der Waals surface area contributed by atoms with Gasteiger partial charge in [-0.05, 0) is 61.0 Å². The Labute approximate surface area is 193 Å². The van der Waals surface area contributed by atoms with Gasteiger partial charge in [-0.3, -0.25) is 15.1 Å². The zero-order valence-electron chi connectivity index (χ0n) is 17.9. The van der Waals surface area contributed by atoms with E-state index in [9.17, 15) is 4.79 Å². The maximum Gasteiger partial charge on any atom is 0.269 e. The first-order valence-electron chi connectivity index (χ1n) is 10.9. The molecule has 2 atom stereocenters. The van der Waals surface area contributed by atoms with Crippen LogP contribution in [0.15, 0.2) is 90.5 Å². The molecule has 6 heteroatoms. The molecule has 0 aliphatic carbocycles. The summed E-state index contributed by atoms with van der Waals surface area (Å²) in [4.78, 5) is 15.7. The summed E-state index contributed by atoms with van der Waals surface area (Å²) < 4.78 is 0. The van der Waals surface area contributed by atoms with E-state index in [1.165, 1.54) is 16.9 Å². The van der Waals surface area contributed by atoms with Crippen molar-refractivity contribution in [2.75, 3.05) is 11.9 Å². The Balaban J connectivity index is 1.49. The quantitative estimate of drug-likeness (QED) is 0.348. The van der Waals surface area contributed by atoms with Crippen LogP contribution in [0, 0.1) is 5.41 Å². The van der Waals surface area contributed by atoms with Crippen LogP contribution in [0.4, 0.5) is 5.69 Å². The monoisotopic (exact) mass is 444 g/mol. The van der Waals surface area contributed by atoms with Crippen LogP contribution in [0.2, 0.25) is 0 Å². The Kier molecular flexibility index (Phi) is 7.48. The minimum absolute atomic E-state index is 0.0200. The lowest BCUT2D eigenvalue weighted by molar-refractivity contribution is 0.0772. The van der Waals surface area contributed by atoms with E-state index in [2.05, 4.69) is 34.9 Å². The number of carbonyl (C=O) groups is 1. The van der Waals surface area contributed by atoms with Crippen molar-refractivity contribution in [1.82, 2.24) is 10.2 Å². The van der Waals surface area contributed by atoms with Gasteiger partial charge in [0.2, 0.25) is 0 Å². The van der Waals surface area contributed by atoms with Gasteiger partial charge in [0.25, 0.3) is 5.91 Å². The lowest BCUT2D eigenvalue weighted by Crippen LogP contribution is -2.52. The molecule has 1 aliphatic rings. The first-order chi connectivity index (χ1) is 15.7. The second-order valence-corrected chi connectivity index (χ2v) is 8.85. The number of anilines is 1. The molecule has 1 aromatic heterocycles. The molecule has 1 fully saturated rings. The maximum absolute atomic E-state index is 13.4. The molecule has 5 nitrogen and oxygen atoms in total. The predicted octanol–water partition coefficient (Wildman–Crippen LogP) is 5.16. The van der Waals surface area contributed by atoms with E-state index in [-0.39, 0.29) is 23.8 Å². The van der Waals surface area contributed by atoms with E-state index in [0.29, 0.717) is 4.88 Å². The minimum Gasteiger partial charge on any atom is -0.362 e. The van der Waals surface area contributed by atoms with Gasteiger partial charge in [-0.2, -0.15) is 0 Å². The van der Waals surface area contributed by atoms with E-state index in [1.54, 1.807) is 17.2 Å². The molecule has 1 aliphatic heterocycles. The average molecular weight is 445 g/mol. The van der Waals surface area contributed by atoms with Crippen molar-refractivity contribution in [3.63, 3.8) is 0 Å². The molecule has 4 rings (SSSR count). The van der Waals surface area contributed by atoms with Crippen LogP contribution < -0.4 is 10.6 Å². The van der Waals surface area contributed by atoms with E-state index >= 15 is 0 Å². The number of amides is 1. The Bertz CT molecular complexity index is 1030. The first kappa shape index (κ1) is 22.0. The van der Waals surface area contributed by atoms with E-state index in [1.807, 2.05) is 53.9 Å². The van der Waals surface area contributed by atoms with Crippen LogP contribution in [-0.4, -0.2) is 35.3 Å². The molecular weight excluding hydrogens is 416 g/mol. The molecule has 1 amide bonds. The first-order valence-corrected chi connectivity index (χ1v) is 11.8. The summed E-state index contributed by atoms with van der Waals surface area (Å²) in [6, 6.07) is 24.2. The molecule has 2 unspecified atom stereocenters. The largest absolute Gasteiger partial charge is 0.362 e. The third-order valence-corrected chi connectivity index (χ3v) is 6.49. The molecule has 0 bridgehead atoms. The summed E-state index contributed by atoms with van der Waals surface area (Å²) in [5.74, 6) is 0.108. The Morgan fingerprint density at radius 3 is 2.56 bits per heavy atom. The number of piperidine rings is 1. The summed E-state index contributed by atoms with van der Waals surface area (Å²) in [6.45, 7) is 0.829. The van der Waals surface area contributed by atoms with Crippen LogP contribution in [0.3, 0.4) is 0 Å². The number of carbonyl (C=O) groups excluding carboxylic acids is 1. The summed E-state index contributed by atoms with van der Waals surface area (Å²) in [7, 11) is 0. The number of para-hydroxylation sites is 1. The molecule has 3 N–H and O–H groups in total. The number of amidine groups is 1. The van der Waals surface area contributed by atoms with Gasteiger partial charge < -0.3 is 10.6 Å². The van der Waals surface area contributed by atoms with E-state index in [0.717, 1.165) is 31.5 Å². The van der Waals surface area contributed by atoms with Gasteiger partial charge in [-0.15, -0.1) is 11.3 Å². The summed E-state index contributed by atoms with van der Waals surface area (Å²) >= 11 is 1.42. The van der Waals surface area contributed by atoms with E-state index < -0.39 is 0 Å². The Morgan fingerprint density at radius 1 is 1.09 bits per heavy atom. The highest BCUT2D eigenvalue weighted by Crippen LogP contribution is 2.23. The normalized spacial score (nSPS) is 18.4. The number of rotatable bonds is 7. The van der Waals surface area contributed by atoms with Gasteiger partial charge in [0.15, 0.2) is 0 Å². The molecule has 164 valence electrons. The average Bonchev–Trinajstić information content (AvgIpc) is 3.36. The number of hydrogen-bond acceptors (Lipinski definition) is 5. The van der Waals surface area contributed by atoms with E-state index in [4.69, 9.17) is 5.41 Å². The molecular formula is C26H28N4OS. The highest BCUT2D eigenvalue weighted by atomic mass is 32.1. The fraction of sp³-hybridized carbons (Fsp3) is 0.231. The van der Waals surface area contributed by atoms with Crippen molar-refractivity contribution < 1.29 is 4.79 Å². The van der Waals surface area contributed by atoms with Crippen molar-refractivity contribution >= 4 is 28.8 Å². The Morgan fingerprint density at radius 2 is 1.84 bits per heavy atom. The molecule has 3 aromatic rings. The molecule has 0 spiro atoms. The number of hydrogen-bond donors (Lipinski definition) is 3. The van der Waals surface area contributed by atoms with Gasteiger partial charge in [0.05, 0.1) is 4.88 Å². The van der Waals surface area contributed by atoms with Crippen LogP contribution in [0.25, 0.3) is 0 Å². The molecule has 2 aromatic carbocycles. The third-order valence-electron chi connectivity index (χ3n) is 5.63. The van der Waals surface area contributed by atoms with Crippen molar-refractivity contribution in [3.8, 4) is 0 Å². The number of nitrogens with one attached hydrogen (secondary N) is 3. The molecule has 2 heterocycles. The van der Waals surface area contributed by atoms with Crippen LogP contribution in [0.5, 0.6) is 0 Å². The standard InChI is InChI=1S/C26H28N4OS/c27-25(14-16-28-21-10-5-2-6-11-21)30(26(31)24-12-7-17-32-24)23-13-15-29-22(19-23)18-20-8-3-1-4-9-20/h1-12,14,16-17,22-23,27-29H,13,15,18-19H2/b16-14-,27-25?. The lowest BCUT2D eigenvalue weighted by Gasteiger charge is -2.37. The van der Waals surface area contributed by atoms with Gasteiger partial charge in [0, 0.05) is 24.0 Å². The number of nitrogens with zero attached hydrogens (tertiary/aromatic N) is 1. The third kappa shape index (κ3) is 5.72. The maximum atomic E-state index is 13.4. The summed E-state index contributed by atoms with van der Waals surface area (Å²) in [5, 5.41) is 17.4. The minimum atomic E-state index is -0.0975. The van der Waals surface area contributed by atoms with Crippen molar-refractivity contribution in [2.45, 2.75) is 31.3 Å². The van der Waals surface area contributed by atoms with Crippen molar-refractivity contribution in [3.05, 3.63) is 101 Å². The Hall–Kier alpha value is -3.22. The van der Waals surface area contributed by atoms with Gasteiger partial charge in [-0.25, -0.2) is 0 Å². The number of benzene rings is 2. The van der Waals surface area contributed by atoms with Crippen molar-refractivity contribution in [1.29, 1.82) is 5.41 Å². The predicted molar refractivity (Wildman–Crippen MR) is 132 cm³/mol. The highest BCUT2D eigenvalue weighted by Gasteiger charge is 2.32. The number of thiophene rings is 1. The highest BCUT2D eigenvalue weighted by molar-refractivity contribution is 7.12. The topological polar surface area (TPSA) is 68.2 Å². The van der Waals surface area contributed by atoms with Crippen LogP contribution in [0.1, 0.15) is 28.1 Å². The van der Waals surface area contributed by atoms with Gasteiger partial charge >= 0.3 is 0 Å². The second kappa shape index (κ2) is 10.9. The van der Waals surface area contributed by atoms with Gasteiger partial charge in [0.1, 0.15) is 5.84 Å². The van der Waals surface area contributed by atoms with Crippen LogP contribution >= 0.6 is 11.3 Å². The molecule has 0 saturated carbocycles. The zero-order chi connectivity index (χ0) is 22.2. The second-order valence-electron chi connectivity index (χ2n) is 7.90. The molecule has 0 radical (unpaired) electrons. The van der Waals surface area contributed by atoms with Crippen LogP contribution in [-0.2, 0) is 6.42 Å². The smallest absolute Gasteiger partial charge is 0.269 e. The lowest BCUT2D eigenvalue weighted by atomic mass is 9.93. The summed E-state index contributed by atoms with van der Waals surface area (Å²) in [6.07, 6.45) is 5.96. The fourth-order valence-corrected chi connectivity index (χ4v) is 4.75. The van der Waals surface area contributed by atoms with Crippen molar-refractivity contribution in [2.24, 2.45) is 0 Å². The fourth-order valence-electron chi connectivity index (χ4n) is 4.09. The molecule has 1 saturated heterocycles.